The summed E-state index contributed by atoms with van der Waals surface area (Å²) in [5.74, 6) is -1.14. The predicted octanol–water partition coefficient (Wildman–Crippen LogP) is -1.90. The van der Waals surface area contributed by atoms with Gasteiger partial charge in [-0.25, -0.2) is 4.84 Å². The average molecular weight is 327 g/mol. The molecule has 0 saturated heterocycles. The Morgan fingerprint density at radius 1 is 1.50 bits per heavy atom. The van der Waals surface area contributed by atoms with Gasteiger partial charge in [0.1, 0.15) is 0 Å². The molecule has 0 bridgehead atoms. The van der Waals surface area contributed by atoms with Gasteiger partial charge in [0.2, 0.25) is 0 Å². The zero-order chi connectivity index (χ0) is 11.8. The van der Waals surface area contributed by atoms with Crippen molar-refractivity contribution in [1.29, 1.82) is 0 Å². The molecule has 0 aliphatic carbocycles. The second-order valence-corrected chi connectivity index (χ2v) is 2.69. The molecule has 1 atom stereocenters. The van der Waals surface area contributed by atoms with Crippen LogP contribution in [-0.2, 0) is 32.0 Å². The van der Waals surface area contributed by atoms with Gasteiger partial charge in [0.05, 0.1) is 6.04 Å². The molecule has 9 nitrogen and oxygen atoms in total. The molecule has 0 aromatic rings. The van der Waals surface area contributed by atoms with Crippen LogP contribution >= 0.6 is 0 Å². The number of carbonyl (C=O) groups excluding carboxylic acids is 1. The van der Waals surface area contributed by atoms with Gasteiger partial charge in [0, 0.05) is 28.9 Å². The van der Waals surface area contributed by atoms with Crippen molar-refractivity contribution in [3.8, 4) is 0 Å². The zero-order valence-electron chi connectivity index (χ0n) is 8.26. The van der Waals surface area contributed by atoms with Crippen molar-refractivity contribution >= 4 is 11.9 Å². The molecular formula is C6H13AgN5O4. The summed E-state index contributed by atoms with van der Waals surface area (Å²) < 4.78 is 0. The summed E-state index contributed by atoms with van der Waals surface area (Å²) in [5, 5.41) is 8.59. The van der Waals surface area contributed by atoms with Gasteiger partial charge in [-0.15, -0.1) is 10.1 Å². The molecule has 10 heteroatoms. The van der Waals surface area contributed by atoms with E-state index in [0.29, 0.717) is 13.0 Å². The van der Waals surface area contributed by atoms with E-state index in [4.69, 9.17) is 17.2 Å². The summed E-state index contributed by atoms with van der Waals surface area (Å²) in [4.78, 5) is 27.9. The summed E-state index contributed by atoms with van der Waals surface area (Å²) in [6.45, 7) is 0.307. The SMILES string of the molecule is NC(N)=NCCC[C@H](N)C(=O)O[N+](=O)[O-].[Ag]. The molecule has 0 rings (SSSR count). The van der Waals surface area contributed by atoms with Gasteiger partial charge < -0.3 is 17.2 Å². The Balaban J connectivity index is 0. The van der Waals surface area contributed by atoms with Crippen LogP contribution in [0.15, 0.2) is 4.99 Å². The van der Waals surface area contributed by atoms with Gasteiger partial charge >= 0.3 is 11.1 Å². The first-order valence-electron chi connectivity index (χ1n) is 4.10. The third-order valence-corrected chi connectivity index (χ3v) is 1.43. The van der Waals surface area contributed by atoms with Gasteiger partial charge in [-0.3, -0.25) is 9.79 Å². The van der Waals surface area contributed by atoms with Crippen LogP contribution < -0.4 is 17.2 Å². The molecule has 0 aliphatic rings. The van der Waals surface area contributed by atoms with Crippen molar-refractivity contribution in [2.75, 3.05) is 6.54 Å². The normalized spacial score (nSPS) is 10.8. The number of carbonyl (C=O) groups is 1. The fourth-order valence-electron chi connectivity index (χ4n) is 0.778. The Morgan fingerprint density at radius 2 is 2.06 bits per heavy atom. The van der Waals surface area contributed by atoms with Gasteiger partial charge in [0.15, 0.2) is 5.96 Å². The van der Waals surface area contributed by atoms with E-state index in [2.05, 4.69) is 9.83 Å². The van der Waals surface area contributed by atoms with Crippen LogP contribution in [0.4, 0.5) is 0 Å². The largest absolute Gasteiger partial charge is 0.370 e. The standard InChI is InChI=1S/C6H13N5O4.Ag/c7-4(5(12)15-11(13)14)2-1-3-10-6(8)9;/h4H,1-3,7H2,(H4,8,9,10);/t4-;/m0./s1. The first kappa shape index (κ1) is 17.2. The van der Waals surface area contributed by atoms with E-state index in [1.54, 1.807) is 0 Å². The van der Waals surface area contributed by atoms with Crippen molar-refractivity contribution in [2.45, 2.75) is 18.9 Å². The summed E-state index contributed by atoms with van der Waals surface area (Å²) in [5.41, 5.74) is 15.4. The molecule has 0 spiro atoms. The Kier molecular flexibility index (Phi) is 9.80. The van der Waals surface area contributed by atoms with E-state index < -0.39 is 17.1 Å². The first-order chi connectivity index (χ1) is 6.93. The number of nitrogens with zero attached hydrogens (tertiary/aromatic N) is 2. The van der Waals surface area contributed by atoms with E-state index in [1.807, 2.05) is 0 Å². The topological polar surface area (TPSA) is 160 Å². The summed E-state index contributed by atoms with van der Waals surface area (Å²) in [6, 6.07) is -1.04. The number of rotatable bonds is 6. The minimum atomic E-state index is -1.20. The fraction of sp³-hybridized carbons (Fsp3) is 0.667. The molecule has 0 aromatic heterocycles. The number of nitrogens with two attached hydrogens (primary N) is 3. The molecule has 0 fully saturated rings. The van der Waals surface area contributed by atoms with E-state index in [9.17, 15) is 14.9 Å². The second kappa shape index (κ2) is 9.09. The Labute approximate surface area is 107 Å². The smallest absolute Gasteiger partial charge is 0.320 e. The van der Waals surface area contributed by atoms with Crippen LogP contribution in [0.2, 0.25) is 0 Å². The Bertz CT molecular complexity index is 268. The quantitative estimate of drug-likeness (QED) is 0.128. The van der Waals surface area contributed by atoms with Crippen LogP contribution in [0, 0.1) is 10.1 Å². The minimum Gasteiger partial charge on any atom is -0.370 e. The predicted molar refractivity (Wildman–Crippen MR) is 51.0 cm³/mol. The molecule has 6 N–H and O–H groups in total. The number of aliphatic imine (C=N–C) groups is 1. The molecule has 1 radical (unpaired) electrons. The maximum atomic E-state index is 10.8. The Morgan fingerprint density at radius 3 is 2.50 bits per heavy atom. The van der Waals surface area contributed by atoms with Crippen molar-refractivity contribution in [3.63, 3.8) is 0 Å². The maximum absolute atomic E-state index is 10.8. The molecule has 0 aromatic carbocycles. The molecular weight excluding hydrogens is 314 g/mol. The van der Waals surface area contributed by atoms with Crippen molar-refractivity contribution in [3.05, 3.63) is 10.1 Å². The van der Waals surface area contributed by atoms with Crippen LogP contribution in [0.3, 0.4) is 0 Å². The number of guanidine groups is 1. The van der Waals surface area contributed by atoms with Crippen LogP contribution in [0.1, 0.15) is 12.8 Å². The van der Waals surface area contributed by atoms with Crippen LogP contribution in [0.5, 0.6) is 0 Å². The van der Waals surface area contributed by atoms with E-state index in [1.165, 1.54) is 0 Å². The average Bonchev–Trinajstić information content (AvgIpc) is 2.10. The minimum absolute atomic E-state index is 0. The molecule has 0 aliphatic heterocycles. The summed E-state index contributed by atoms with van der Waals surface area (Å²) in [6.07, 6.45) is 0.648. The molecule has 0 saturated carbocycles. The zero-order valence-corrected chi connectivity index (χ0v) is 9.74. The van der Waals surface area contributed by atoms with Crippen LogP contribution in [0.25, 0.3) is 0 Å². The van der Waals surface area contributed by atoms with Crippen molar-refractivity contribution in [2.24, 2.45) is 22.2 Å². The van der Waals surface area contributed by atoms with Gasteiger partial charge in [-0.1, -0.05) is 0 Å². The third kappa shape index (κ3) is 9.40. The molecule has 0 heterocycles. The summed E-state index contributed by atoms with van der Waals surface area (Å²) in [7, 11) is 0. The Hall–Kier alpha value is -1.16. The third-order valence-electron chi connectivity index (χ3n) is 1.43. The number of hydrogen-bond acceptors (Lipinski definition) is 6. The van der Waals surface area contributed by atoms with Gasteiger partial charge in [-0.2, -0.15) is 0 Å². The van der Waals surface area contributed by atoms with E-state index in [-0.39, 0.29) is 34.8 Å². The van der Waals surface area contributed by atoms with Crippen LogP contribution in [-0.4, -0.2) is 29.6 Å². The van der Waals surface area contributed by atoms with Gasteiger partial charge in [0.25, 0.3) is 0 Å². The van der Waals surface area contributed by atoms with Crippen molar-refractivity contribution < 1.29 is 37.1 Å². The van der Waals surface area contributed by atoms with Crippen molar-refractivity contribution in [1.82, 2.24) is 0 Å². The van der Waals surface area contributed by atoms with E-state index >= 15 is 0 Å². The molecule has 16 heavy (non-hydrogen) atoms. The molecule has 97 valence electrons. The number of hydrogen-bond donors (Lipinski definition) is 3. The maximum Gasteiger partial charge on any atom is 0.320 e. The first-order valence-corrected chi connectivity index (χ1v) is 4.10. The molecule has 0 unspecified atom stereocenters. The monoisotopic (exact) mass is 326 g/mol. The second-order valence-electron chi connectivity index (χ2n) is 2.69. The van der Waals surface area contributed by atoms with E-state index in [0.717, 1.165) is 0 Å². The fourth-order valence-corrected chi connectivity index (χ4v) is 0.778. The van der Waals surface area contributed by atoms with Gasteiger partial charge in [-0.05, 0) is 12.8 Å². The molecule has 0 amide bonds. The summed E-state index contributed by atoms with van der Waals surface area (Å²) >= 11 is 0.